The van der Waals surface area contributed by atoms with Crippen LogP contribution in [-0.2, 0) is 6.42 Å². The van der Waals surface area contributed by atoms with Crippen molar-refractivity contribution in [2.75, 3.05) is 31.1 Å². The van der Waals surface area contributed by atoms with Crippen LogP contribution in [0, 0.1) is 0 Å². The van der Waals surface area contributed by atoms with Crippen molar-refractivity contribution >= 4 is 16.7 Å². The number of aromatic amines is 2. The molecule has 4 rings (SSSR count). The van der Waals surface area contributed by atoms with Crippen LogP contribution in [0.1, 0.15) is 31.6 Å². The zero-order valence-electron chi connectivity index (χ0n) is 14.5. The minimum atomic E-state index is -0.169. The Bertz CT molecular complexity index is 919. The zero-order chi connectivity index (χ0) is 17.4. The molecule has 0 radical (unpaired) electrons. The Morgan fingerprint density at radius 2 is 2.04 bits per heavy atom. The van der Waals surface area contributed by atoms with Gasteiger partial charge in [0, 0.05) is 32.6 Å². The molecule has 0 spiro atoms. The second-order valence-corrected chi connectivity index (χ2v) is 6.38. The minimum absolute atomic E-state index is 0.109. The first-order chi connectivity index (χ1) is 12.2. The van der Waals surface area contributed by atoms with E-state index in [1.54, 1.807) is 0 Å². The third-order valence-corrected chi connectivity index (χ3v) is 4.89. The normalized spacial score (nSPS) is 17.3. The molecule has 0 aliphatic carbocycles. The summed E-state index contributed by atoms with van der Waals surface area (Å²) in [5.74, 6) is 1.44. The van der Waals surface area contributed by atoms with Crippen molar-refractivity contribution < 1.29 is 4.52 Å². The Hall–Kier alpha value is -2.61. The molecular weight excluding hydrogens is 320 g/mol. The fourth-order valence-electron chi connectivity index (χ4n) is 3.39. The molecule has 1 aliphatic rings. The molecule has 0 bridgehead atoms. The van der Waals surface area contributed by atoms with Gasteiger partial charge in [0.05, 0.1) is 22.8 Å². The van der Waals surface area contributed by atoms with E-state index in [0.717, 1.165) is 55.1 Å². The standard InChI is InChI=1S/C17H22N6O2/c1-3-14-19-16(25-21-14)11(2)22-7-9-23(10-8-22)13-6-4-5-12-15(13)20-17(24)18-12/h4-6,11H,3,7-10H2,1-2H3,(H2,18,20,24). The molecule has 1 unspecified atom stereocenters. The fraction of sp³-hybridized carbons (Fsp3) is 0.471. The number of nitrogens with one attached hydrogen (secondary N) is 2. The molecule has 1 aliphatic heterocycles. The van der Waals surface area contributed by atoms with Crippen LogP contribution in [0.3, 0.4) is 0 Å². The molecule has 3 heterocycles. The van der Waals surface area contributed by atoms with Gasteiger partial charge in [-0.1, -0.05) is 18.1 Å². The Morgan fingerprint density at radius 1 is 1.24 bits per heavy atom. The highest BCUT2D eigenvalue weighted by Crippen LogP contribution is 2.26. The first kappa shape index (κ1) is 15.9. The molecule has 2 aromatic heterocycles. The van der Waals surface area contributed by atoms with Crippen molar-refractivity contribution in [3.8, 4) is 0 Å². The smallest absolute Gasteiger partial charge is 0.323 e. The van der Waals surface area contributed by atoms with Crippen LogP contribution in [0.25, 0.3) is 11.0 Å². The number of rotatable bonds is 4. The molecule has 1 saturated heterocycles. The van der Waals surface area contributed by atoms with Gasteiger partial charge in [-0.25, -0.2) is 4.79 Å². The molecule has 8 nitrogen and oxygen atoms in total. The van der Waals surface area contributed by atoms with E-state index < -0.39 is 0 Å². The summed E-state index contributed by atoms with van der Waals surface area (Å²) in [7, 11) is 0. The van der Waals surface area contributed by atoms with Crippen molar-refractivity contribution in [1.82, 2.24) is 25.0 Å². The lowest BCUT2D eigenvalue weighted by molar-refractivity contribution is 0.164. The molecule has 0 amide bonds. The number of hydrogen-bond donors (Lipinski definition) is 2. The number of anilines is 1. The van der Waals surface area contributed by atoms with Crippen LogP contribution in [0.5, 0.6) is 0 Å². The van der Waals surface area contributed by atoms with Gasteiger partial charge in [-0.2, -0.15) is 4.98 Å². The summed E-state index contributed by atoms with van der Waals surface area (Å²) in [4.78, 5) is 26.4. The molecule has 2 N–H and O–H groups in total. The van der Waals surface area contributed by atoms with Gasteiger partial charge in [0.2, 0.25) is 5.89 Å². The van der Waals surface area contributed by atoms with Gasteiger partial charge in [-0.15, -0.1) is 0 Å². The summed E-state index contributed by atoms with van der Waals surface area (Å²) in [6.45, 7) is 7.68. The van der Waals surface area contributed by atoms with Gasteiger partial charge < -0.3 is 19.4 Å². The monoisotopic (exact) mass is 342 g/mol. The first-order valence-electron chi connectivity index (χ1n) is 8.68. The van der Waals surface area contributed by atoms with Gasteiger partial charge >= 0.3 is 5.69 Å². The van der Waals surface area contributed by atoms with Crippen LogP contribution < -0.4 is 10.6 Å². The molecule has 25 heavy (non-hydrogen) atoms. The van der Waals surface area contributed by atoms with E-state index in [1.165, 1.54) is 0 Å². The zero-order valence-corrected chi connectivity index (χ0v) is 14.5. The number of piperazine rings is 1. The Labute approximate surface area is 144 Å². The lowest BCUT2D eigenvalue weighted by Crippen LogP contribution is -2.47. The number of H-pyrrole nitrogens is 2. The average Bonchev–Trinajstić information content (AvgIpc) is 3.26. The third-order valence-electron chi connectivity index (χ3n) is 4.89. The summed E-state index contributed by atoms with van der Waals surface area (Å²) in [6, 6.07) is 6.05. The molecule has 1 fully saturated rings. The summed E-state index contributed by atoms with van der Waals surface area (Å²) in [5.41, 5.74) is 2.61. The Morgan fingerprint density at radius 3 is 2.76 bits per heavy atom. The van der Waals surface area contributed by atoms with Crippen molar-refractivity contribution in [2.24, 2.45) is 0 Å². The summed E-state index contributed by atoms with van der Waals surface area (Å²) >= 11 is 0. The quantitative estimate of drug-likeness (QED) is 0.749. The van der Waals surface area contributed by atoms with E-state index in [9.17, 15) is 4.79 Å². The molecular formula is C17H22N6O2. The molecule has 0 saturated carbocycles. The van der Waals surface area contributed by atoms with Crippen molar-refractivity contribution in [3.63, 3.8) is 0 Å². The van der Waals surface area contributed by atoms with Gasteiger partial charge in [0.15, 0.2) is 5.82 Å². The van der Waals surface area contributed by atoms with E-state index in [0.29, 0.717) is 5.89 Å². The van der Waals surface area contributed by atoms with Crippen LogP contribution >= 0.6 is 0 Å². The maximum Gasteiger partial charge on any atom is 0.323 e. The number of para-hydroxylation sites is 1. The molecule has 3 aromatic rings. The Balaban J connectivity index is 1.48. The maximum atomic E-state index is 11.6. The van der Waals surface area contributed by atoms with Gasteiger partial charge in [0.25, 0.3) is 0 Å². The van der Waals surface area contributed by atoms with E-state index in [1.807, 2.05) is 19.1 Å². The van der Waals surface area contributed by atoms with Crippen LogP contribution in [0.2, 0.25) is 0 Å². The number of nitrogens with zero attached hydrogens (tertiary/aromatic N) is 4. The largest absolute Gasteiger partial charge is 0.367 e. The highest BCUT2D eigenvalue weighted by Gasteiger charge is 2.26. The second kappa shape index (κ2) is 6.36. The lowest BCUT2D eigenvalue weighted by Gasteiger charge is -2.38. The molecule has 132 valence electrons. The highest BCUT2D eigenvalue weighted by molar-refractivity contribution is 5.88. The van der Waals surface area contributed by atoms with Gasteiger partial charge in [0.1, 0.15) is 0 Å². The highest BCUT2D eigenvalue weighted by atomic mass is 16.5. The second-order valence-electron chi connectivity index (χ2n) is 6.38. The van der Waals surface area contributed by atoms with E-state index in [2.05, 4.69) is 42.9 Å². The minimum Gasteiger partial charge on any atom is -0.367 e. The number of aromatic nitrogens is 4. The van der Waals surface area contributed by atoms with Crippen LogP contribution in [0.15, 0.2) is 27.5 Å². The summed E-state index contributed by atoms with van der Waals surface area (Å²) in [6.07, 6.45) is 0.781. The third kappa shape index (κ3) is 2.93. The number of benzene rings is 1. The van der Waals surface area contributed by atoms with E-state index in [-0.39, 0.29) is 11.7 Å². The predicted octanol–water partition coefficient (Wildman–Crippen LogP) is 1.68. The number of fused-ring (bicyclic) bond motifs is 1. The van der Waals surface area contributed by atoms with E-state index in [4.69, 9.17) is 4.52 Å². The van der Waals surface area contributed by atoms with Gasteiger partial charge in [-0.05, 0) is 19.1 Å². The molecule has 1 aromatic carbocycles. The summed E-state index contributed by atoms with van der Waals surface area (Å²) in [5, 5.41) is 3.99. The molecule has 8 heteroatoms. The first-order valence-corrected chi connectivity index (χ1v) is 8.68. The summed E-state index contributed by atoms with van der Waals surface area (Å²) < 4.78 is 5.38. The predicted molar refractivity (Wildman–Crippen MR) is 94.8 cm³/mol. The number of aryl methyl sites for hydroxylation is 1. The lowest BCUT2D eigenvalue weighted by atomic mass is 10.2. The average molecular weight is 342 g/mol. The SMILES string of the molecule is CCc1noc(C(C)N2CCN(c3cccc4[nH]c(=O)[nH]c34)CC2)n1. The maximum absolute atomic E-state index is 11.6. The van der Waals surface area contributed by atoms with Crippen molar-refractivity contribution in [1.29, 1.82) is 0 Å². The fourth-order valence-corrected chi connectivity index (χ4v) is 3.39. The van der Waals surface area contributed by atoms with Gasteiger partial charge in [-0.3, -0.25) is 4.90 Å². The van der Waals surface area contributed by atoms with Crippen molar-refractivity contribution in [3.05, 3.63) is 40.4 Å². The number of hydrogen-bond acceptors (Lipinski definition) is 6. The topological polar surface area (TPSA) is 94.0 Å². The Kier molecular flexibility index (Phi) is 4.04. The van der Waals surface area contributed by atoms with Crippen LogP contribution in [-0.4, -0.2) is 51.2 Å². The van der Waals surface area contributed by atoms with Crippen molar-refractivity contribution in [2.45, 2.75) is 26.3 Å². The molecule has 1 atom stereocenters. The number of imidazole rings is 1. The van der Waals surface area contributed by atoms with Crippen LogP contribution in [0.4, 0.5) is 5.69 Å². The van der Waals surface area contributed by atoms with E-state index >= 15 is 0 Å².